The Labute approximate surface area is 79.8 Å². The van der Waals surface area contributed by atoms with Gasteiger partial charge in [0, 0.05) is 6.42 Å². The SMILES string of the molecule is CCC(C)(C)CC(=O)NS(C)(=O)=O. The fourth-order valence-corrected chi connectivity index (χ4v) is 1.29. The Morgan fingerprint density at radius 2 is 1.85 bits per heavy atom. The van der Waals surface area contributed by atoms with Gasteiger partial charge < -0.3 is 0 Å². The summed E-state index contributed by atoms with van der Waals surface area (Å²) >= 11 is 0. The second-order valence-corrected chi connectivity index (χ2v) is 5.74. The first-order valence-corrected chi connectivity index (χ1v) is 6.06. The summed E-state index contributed by atoms with van der Waals surface area (Å²) in [5.74, 6) is -0.436. The van der Waals surface area contributed by atoms with Gasteiger partial charge in [0.05, 0.1) is 6.26 Å². The molecule has 5 heteroatoms. The molecule has 0 aromatic heterocycles. The third-order valence-electron chi connectivity index (χ3n) is 1.90. The molecule has 0 aliphatic carbocycles. The minimum absolute atomic E-state index is 0.144. The number of sulfonamides is 1. The molecule has 0 unspecified atom stereocenters. The number of carbonyl (C=O) groups is 1. The van der Waals surface area contributed by atoms with Gasteiger partial charge in [-0.2, -0.15) is 0 Å². The molecular weight excluding hydrogens is 190 g/mol. The van der Waals surface area contributed by atoms with Crippen molar-refractivity contribution in [3.63, 3.8) is 0 Å². The Morgan fingerprint density at radius 3 is 2.15 bits per heavy atom. The largest absolute Gasteiger partial charge is 0.274 e. The molecule has 0 radical (unpaired) electrons. The first-order valence-electron chi connectivity index (χ1n) is 4.17. The van der Waals surface area contributed by atoms with Gasteiger partial charge in [-0.25, -0.2) is 8.42 Å². The van der Waals surface area contributed by atoms with Gasteiger partial charge >= 0.3 is 0 Å². The van der Waals surface area contributed by atoms with Crippen LogP contribution in [0.1, 0.15) is 33.6 Å². The quantitative estimate of drug-likeness (QED) is 0.744. The zero-order valence-electron chi connectivity index (χ0n) is 8.55. The number of amides is 1. The fraction of sp³-hybridized carbons (Fsp3) is 0.875. The Kier molecular flexibility index (Phi) is 3.90. The molecule has 0 atom stereocenters. The lowest BCUT2D eigenvalue weighted by Gasteiger charge is -2.20. The van der Waals surface area contributed by atoms with E-state index in [0.717, 1.165) is 12.7 Å². The van der Waals surface area contributed by atoms with Crippen molar-refractivity contribution in [1.29, 1.82) is 0 Å². The predicted octanol–water partition coefficient (Wildman–Crippen LogP) is 0.889. The van der Waals surface area contributed by atoms with Gasteiger partial charge in [0.25, 0.3) is 0 Å². The van der Waals surface area contributed by atoms with E-state index in [-0.39, 0.29) is 11.8 Å². The number of carbonyl (C=O) groups excluding carboxylic acids is 1. The maximum absolute atomic E-state index is 11.1. The van der Waals surface area contributed by atoms with E-state index < -0.39 is 15.9 Å². The molecule has 13 heavy (non-hydrogen) atoms. The average molecular weight is 207 g/mol. The molecule has 0 fully saturated rings. The van der Waals surface area contributed by atoms with Gasteiger partial charge in [-0.1, -0.05) is 27.2 Å². The van der Waals surface area contributed by atoms with Crippen LogP contribution in [-0.4, -0.2) is 20.6 Å². The molecule has 0 bridgehead atoms. The van der Waals surface area contributed by atoms with Gasteiger partial charge in [0.2, 0.25) is 15.9 Å². The molecule has 4 nitrogen and oxygen atoms in total. The third kappa shape index (κ3) is 6.57. The van der Waals surface area contributed by atoms with Crippen molar-refractivity contribution in [2.24, 2.45) is 5.41 Å². The van der Waals surface area contributed by atoms with E-state index in [4.69, 9.17) is 0 Å². The maximum atomic E-state index is 11.1. The van der Waals surface area contributed by atoms with E-state index in [1.165, 1.54) is 0 Å². The van der Waals surface area contributed by atoms with Crippen molar-refractivity contribution in [3.05, 3.63) is 0 Å². The van der Waals surface area contributed by atoms with Crippen LogP contribution in [0.2, 0.25) is 0 Å². The van der Waals surface area contributed by atoms with Crippen LogP contribution in [0.3, 0.4) is 0 Å². The standard InChI is InChI=1S/C8H17NO3S/c1-5-8(2,3)6-7(10)9-13(4,11)12/h5-6H2,1-4H3,(H,9,10). The molecule has 0 saturated heterocycles. The van der Waals surface area contributed by atoms with Gasteiger partial charge in [0.15, 0.2) is 0 Å². The van der Waals surface area contributed by atoms with E-state index in [1.54, 1.807) is 0 Å². The minimum atomic E-state index is -3.40. The summed E-state index contributed by atoms with van der Waals surface area (Å²) in [5.41, 5.74) is -0.144. The predicted molar refractivity (Wildman–Crippen MR) is 51.7 cm³/mol. The van der Waals surface area contributed by atoms with Crippen LogP contribution in [0.5, 0.6) is 0 Å². The summed E-state index contributed by atoms with van der Waals surface area (Å²) < 4.78 is 23.3. The first-order chi connectivity index (χ1) is 5.66. The molecule has 0 saturated carbocycles. The number of hydrogen-bond donors (Lipinski definition) is 1. The molecule has 0 aliphatic rings. The van der Waals surface area contributed by atoms with Gasteiger partial charge in [-0.05, 0) is 5.41 Å². The topological polar surface area (TPSA) is 63.2 Å². The Bertz CT molecular complexity index is 280. The summed E-state index contributed by atoms with van der Waals surface area (Å²) in [5, 5.41) is 0. The Hall–Kier alpha value is -0.580. The number of nitrogens with one attached hydrogen (secondary N) is 1. The number of rotatable bonds is 4. The fourth-order valence-electron chi connectivity index (χ4n) is 0.803. The molecule has 0 aromatic rings. The smallest absolute Gasteiger partial charge is 0.233 e. The van der Waals surface area contributed by atoms with Crippen LogP contribution in [0.4, 0.5) is 0 Å². The van der Waals surface area contributed by atoms with Crippen LogP contribution >= 0.6 is 0 Å². The monoisotopic (exact) mass is 207 g/mol. The Balaban J connectivity index is 4.19. The normalized spacial score (nSPS) is 12.6. The highest BCUT2D eigenvalue weighted by Gasteiger charge is 2.21. The average Bonchev–Trinajstić information content (AvgIpc) is 1.81. The molecule has 0 spiro atoms. The minimum Gasteiger partial charge on any atom is -0.274 e. The number of hydrogen-bond acceptors (Lipinski definition) is 3. The molecule has 0 aromatic carbocycles. The molecule has 0 aliphatic heterocycles. The van der Waals surface area contributed by atoms with Crippen molar-refractivity contribution in [2.75, 3.05) is 6.26 Å². The van der Waals surface area contributed by atoms with E-state index >= 15 is 0 Å². The molecule has 1 N–H and O–H groups in total. The summed E-state index contributed by atoms with van der Waals surface area (Å²) in [7, 11) is -3.40. The lowest BCUT2D eigenvalue weighted by Crippen LogP contribution is -2.32. The third-order valence-corrected chi connectivity index (χ3v) is 2.49. The Morgan fingerprint density at radius 1 is 1.38 bits per heavy atom. The molecule has 0 heterocycles. The van der Waals surface area contributed by atoms with Crippen LogP contribution in [0.15, 0.2) is 0 Å². The van der Waals surface area contributed by atoms with Crippen molar-refractivity contribution in [2.45, 2.75) is 33.6 Å². The van der Waals surface area contributed by atoms with Crippen LogP contribution in [0, 0.1) is 5.41 Å². The summed E-state index contributed by atoms with van der Waals surface area (Å²) in [6, 6.07) is 0. The highest BCUT2D eigenvalue weighted by atomic mass is 32.2. The maximum Gasteiger partial charge on any atom is 0.233 e. The summed E-state index contributed by atoms with van der Waals surface area (Å²) in [6.45, 7) is 5.82. The highest BCUT2D eigenvalue weighted by Crippen LogP contribution is 2.23. The van der Waals surface area contributed by atoms with Gasteiger partial charge in [-0.3, -0.25) is 9.52 Å². The van der Waals surface area contributed by atoms with Crippen molar-refractivity contribution in [1.82, 2.24) is 4.72 Å². The van der Waals surface area contributed by atoms with Crippen LogP contribution in [0.25, 0.3) is 0 Å². The summed E-state index contributed by atoms with van der Waals surface area (Å²) in [6.07, 6.45) is 2.05. The molecular formula is C8H17NO3S. The van der Waals surface area contributed by atoms with E-state index in [1.807, 2.05) is 25.5 Å². The molecule has 78 valence electrons. The lowest BCUT2D eigenvalue weighted by atomic mass is 9.86. The molecule has 1 amide bonds. The van der Waals surface area contributed by atoms with Crippen molar-refractivity contribution < 1.29 is 13.2 Å². The van der Waals surface area contributed by atoms with Crippen LogP contribution in [-0.2, 0) is 14.8 Å². The van der Waals surface area contributed by atoms with Gasteiger partial charge in [-0.15, -0.1) is 0 Å². The molecule has 0 rings (SSSR count). The second kappa shape index (κ2) is 4.09. The van der Waals surface area contributed by atoms with Crippen molar-refractivity contribution >= 4 is 15.9 Å². The summed E-state index contributed by atoms with van der Waals surface area (Å²) in [4.78, 5) is 11.1. The van der Waals surface area contributed by atoms with Crippen molar-refractivity contribution in [3.8, 4) is 0 Å². The van der Waals surface area contributed by atoms with Gasteiger partial charge in [0.1, 0.15) is 0 Å². The zero-order valence-corrected chi connectivity index (χ0v) is 9.36. The van der Waals surface area contributed by atoms with Crippen LogP contribution < -0.4 is 4.72 Å². The van der Waals surface area contributed by atoms with E-state index in [9.17, 15) is 13.2 Å². The second-order valence-electron chi connectivity index (χ2n) is 3.99. The first kappa shape index (κ1) is 12.4. The van der Waals surface area contributed by atoms with E-state index in [0.29, 0.717) is 0 Å². The lowest BCUT2D eigenvalue weighted by molar-refractivity contribution is -0.121. The highest BCUT2D eigenvalue weighted by molar-refractivity contribution is 7.89. The zero-order chi connectivity index (χ0) is 10.7. The van der Waals surface area contributed by atoms with E-state index in [2.05, 4.69) is 0 Å².